The molecule has 1 saturated heterocycles. The van der Waals surface area contributed by atoms with E-state index in [1.54, 1.807) is 11.2 Å². The molecule has 180 valence electrons. The molecule has 2 N–H and O–H groups in total. The van der Waals surface area contributed by atoms with E-state index in [1.807, 2.05) is 65.4 Å². The van der Waals surface area contributed by atoms with Crippen molar-refractivity contribution in [2.24, 2.45) is 5.92 Å². The molecule has 3 aromatic rings. The Hall–Kier alpha value is -4.12. The number of carbonyl (C=O) groups is 2. The zero-order valence-electron chi connectivity index (χ0n) is 19.7. The molecule has 3 amide bonds. The second kappa shape index (κ2) is 11.8. The quantitative estimate of drug-likeness (QED) is 0.528. The summed E-state index contributed by atoms with van der Waals surface area (Å²) in [5.41, 5.74) is 3.79. The highest BCUT2D eigenvalue weighted by atomic mass is 16.2. The number of imidazole rings is 1. The second-order valence-electron chi connectivity index (χ2n) is 8.79. The van der Waals surface area contributed by atoms with Crippen molar-refractivity contribution in [3.8, 4) is 6.07 Å². The van der Waals surface area contributed by atoms with Gasteiger partial charge >= 0.3 is 6.03 Å². The summed E-state index contributed by atoms with van der Waals surface area (Å²) in [4.78, 5) is 31.4. The number of nitriles is 1. The number of hydrogen-bond donors (Lipinski definition) is 2. The topological polar surface area (TPSA) is 103 Å². The van der Waals surface area contributed by atoms with Crippen LogP contribution < -0.4 is 10.6 Å². The lowest BCUT2D eigenvalue weighted by atomic mass is 9.97. The summed E-state index contributed by atoms with van der Waals surface area (Å²) < 4.78 is 2.05. The van der Waals surface area contributed by atoms with E-state index in [-0.39, 0.29) is 17.9 Å². The van der Waals surface area contributed by atoms with Crippen LogP contribution in [0, 0.1) is 17.2 Å². The minimum absolute atomic E-state index is 0.0104. The maximum absolute atomic E-state index is 12.8. The SMILES string of the molecule is N#Cc1ccc(Cn2cncc2CCNC(=O)C2CCCN(C(=O)NCc3ccccc3)C2)cc1. The monoisotopic (exact) mass is 470 g/mol. The van der Waals surface area contributed by atoms with E-state index >= 15 is 0 Å². The molecule has 4 rings (SSSR count). The second-order valence-corrected chi connectivity index (χ2v) is 8.79. The van der Waals surface area contributed by atoms with Crippen LogP contribution in [0.1, 0.15) is 35.2 Å². The number of piperidine rings is 1. The molecule has 1 aliphatic heterocycles. The molecular weight excluding hydrogens is 440 g/mol. The number of hydrogen-bond acceptors (Lipinski definition) is 4. The van der Waals surface area contributed by atoms with E-state index < -0.39 is 0 Å². The van der Waals surface area contributed by atoms with Gasteiger partial charge < -0.3 is 20.1 Å². The van der Waals surface area contributed by atoms with Gasteiger partial charge in [0.1, 0.15) is 0 Å². The fraction of sp³-hybridized carbons (Fsp3) is 0.333. The molecule has 2 aromatic carbocycles. The van der Waals surface area contributed by atoms with Crippen LogP contribution in [0.3, 0.4) is 0 Å². The van der Waals surface area contributed by atoms with Crippen molar-refractivity contribution in [2.75, 3.05) is 19.6 Å². The third-order valence-electron chi connectivity index (χ3n) is 6.28. The molecule has 1 fully saturated rings. The van der Waals surface area contributed by atoms with E-state index in [2.05, 4.69) is 21.7 Å². The first kappa shape index (κ1) is 24.0. The Morgan fingerprint density at radius 1 is 1.06 bits per heavy atom. The van der Waals surface area contributed by atoms with E-state index in [1.165, 1.54) is 0 Å². The van der Waals surface area contributed by atoms with Gasteiger partial charge in [0.05, 0.1) is 23.9 Å². The number of likely N-dealkylation sites (tertiary alicyclic amines) is 1. The van der Waals surface area contributed by atoms with E-state index in [4.69, 9.17) is 5.26 Å². The molecule has 35 heavy (non-hydrogen) atoms. The molecule has 0 radical (unpaired) electrons. The zero-order valence-corrected chi connectivity index (χ0v) is 19.7. The predicted octanol–water partition coefficient (Wildman–Crippen LogP) is 3.08. The van der Waals surface area contributed by atoms with Crippen molar-refractivity contribution in [1.82, 2.24) is 25.1 Å². The summed E-state index contributed by atoms with van der Waals surface area (Å²) >= 11 is 0. The van der Waals surface area contributed by atoms with Crippen LogP contribution >= 0.6 is 0 Å². The summed E-state index contributed by atoms with van der Waals surface area (Å²) in [6, 6.07) is 19.3. The average molecular weight is 471 g/mol. The highest BCUT2D eigenvalue weighted by Crippen LogP contribution is 2.17. The van der Waals surface area contributed by atoms with Crippen LogP contribution in [0.5, 0.6) is 0 Å². The third-order valence-corrected chi connectivity index (χ3v) is 6.28. The van der Waals surface area contributed by atoms with Gasteiger partial charge in [0.15, 0.2) is 0 Å². The van der Waals surface area contributed by atoms with Crippen LogP contribution in [-0.2, 0) is 24.3 Å². The Labute approximate surface area is 205 Å². The van der Waals surface area contributed by atoms with Crippen molar-refractivity contribution in [1.29, 1.82) is 5.26 Å². The summed E-state index contributed by atoms with van der Waals surface area (Å²) in [5, 5.41) is 14.9. The molecule has 1 unspecified atom stereocenters. The van der Waals surface area contributed by atoms with Crippen LogP contribution in [0.2, 0.25) is 0 Å². The Balaban J connectivity index is 1.22. The molecule has 0 aliphatic carbocycles. The number of aromatic nitrogens is 2. The number of amides is 3. The van der Waals surface area contributed by atoms with Crippen LogP contribution in [0.15, 0.2) is 67.1 Å². The number of nitrogens with zero attached hydrogens (tertiary/aromatic N) is 4. The molecule has 1 aromatic heterocycles. The maximum atomic E-state index is 12.8. The molecule has 1 aliphatic rings. The minimum atomic E-state index is -0.199. The van der Waals surface area contributed by atoms with Gasteiger partial charge in [0.25, 0.3) is 0 Å². The van der Waals surface area contributed by atoms with Gasteiger partial charge in [-0.25, -0.2) is 9.78 Å². The van der Waals surface area contributed by atoms with Crippen molar-refractivity contribution in [3.63, 3.8) is 0 Å². The Morgan fingerprint density at radius 3 is 2.63 bits per heavy atom. The van der Waals surface area contributed by atoms with Gasteiger partial charge in [-0.3, -0.25) is 4.79 Å². The van der Waals surface area contributed by atoms with Gasteiger partial charge in [-0.05, 0) is 36.1 Å². The fourth-order valence-electron chi connectivity index (χ4n) is 4.30. The minimum Gasteiger partial charge on any atom is -0.355 e. The largest absolute Gasteiger partial charge is 0.355 e. The van der Waals surface area contributed by atoms with Gasteiger partial charge in [0.2, 0.25) is 5.91 Å². The first-order chi connectivity index (χ1) is 17.1. The average Bonchev–Trinajstić information content (AvgIpc) is 3.35. The van der Waals surface area contributed by atoms with E-state index in [0.717, 1.165) is 29.7 Å². The van der Waals surface area contributed by atoms with Crippen LogP contribution in [0.25, 0.3) is 0 Å². The summed E-state index contributed by atoms with van der Waals surface area (Å²) in [6.07, 6.45) is 5.85. The lowest BCUT2D eigenvalue weighted by Gasteiger charge is -2.32. The Morgan fingerprint density at radius 2 is 1.86 bits per heavy atom. The summed E-state index contributed by atoms with van der Waals surface area (Å²) in [5.74, 6) is -0.210. The van der Waals surface area contributed by atoms with Gasteiger partial charge in [0, 0.05) is 51.0 Å². The van der Waals surface area contributed by atoms with Gasteiger partial charge in [-0.1, -0.05) is 42.5 Å². The Bertz CT molecular complexity index is 1170. The van der Waals surface area contributed by atoms with E-state index in [9.17, 15) is 9.59 Å². The molecule has 0 spiro atoms. The highest BCUT2D eigenvalue weighted by molar-refractivity contribution is 5.80. The van der Waals surface area contributed by atoms with Gasteiger partial charge in [-0.2, -0.15) is 5.26 Å². The molecule has 8 heteroatoms. The van der Waals surface area contributed by atoms with Crippen LogP contribution in [0.4, 0.5) is 4.79 Å². The molecular formula is C27H30N6O2. The third kappa shape index (κ3) is 6.70. The summed E-state index contributed by atoms with van der Waals surface area (Å²) in [7, 11) is 0. The molecule has 1 atom stereocenters. The molecule has 2 heterocycles. The number of benzene rings is 2. The van der Waals surface area contributed by atoms with Crippen molar-refractivity contribution in [3.05, 3.63) is 89.5 Å². The standard InChI is InChI=1S/C27H30N6O2/c28-15-21-8-10-23(11-9-21)18-33-20-29-17-25(33)12-13-30-26(34)24-7-4-14-32(19-24)27(35)31-16-22-5-2-1-3-6-22/h1-3,5-6,8-11,17,20,24H,4,7,12-14,16,18-19H2,(H,30,34)(H,31,35). The molecule has 0 bridgehead atoms. The van der Waals surface area contributed by atoms with Crippen LogP contribution in [-0.4, -0.2) is 46.0 Å². The highest BCUT2D eigenvalue weighted by Gasteiger charge is 2.28. The lowest BCUT2D eigenvalue weighted by Crippen LogP contribution is -2.49. The lowest BCUT2D eigenvalue weighted by molar-refractivity contribution is -0.126. The predicted molar refractivity (Wildman–Crippen MR) is 132 cm³/mol. The van der Waals surface area contributed by atoms with E-state index in [0.29, 0.717) is 44.7 Å². The number of rotatable bonds is 8. The fourth-order valence-corrected chi connectivity index (χ4v) is 4.30. The van der Waals surface area contributed by atoms with Crippen molar-refractivity contribution in [2.45, 2.75) is 32.4 Å². The van der Waals surface area contributed by atoms with Crippen molar-refractivity contribution < 1.29 is 9.59 Å². The number of urea groups is 1. The van der Waals surface area contributed by atoms with Crippen molar-refractivity contribution >= 4 is 11.9 Å². The Kier molecular flexibility index (Phi) is 8.12. The summed E-state index contributed by atoms with van der Waals surface area (Å²) in [6.45, 7) is 2.74. The first-order valence-electron chi connectivity index (χ1n) is 11.9. The molecule has 0 saturated carbocycles. The maximum Gasteiger partial charge on any atom is 0.317 e. The molecule has 8 nitrogen and oxygen atoms in total. The smallest absolute Gasteiger partial charge is 0.317 e. The number of carbonyl (C=O) groups excluding carboxylic acids is 2. The zero-order chi connectivity index (χ0) is 24.5. The number of nitrogens with one attached hydrogen (secondary N) is 2. The normalized spacial score (nSPS) is 15.3. The van der Waals surface area contributed by atoms with Gasteiger partial charge in [-0.15, -0.1) is 0 Å². The first-order valence-corrected chi connectivity index (χ1v) is 11.9.